The molecule has 1 aliphatic carbocycles. The molecule has 180 valence electrons. The van der Waals surface area contributed by atoms with E-state index in [4.69, 9.17) is 4.74 Å². The Kier molecular flexibility index (Phi) is 9.21. The summed E-state index contributed by atoms with van der Waals surface area (Å²) in [4.78, 5) is 46.6. The predicted octanol–water partition coefficient (Wildman–Crippen LogP) is 3.36. The fourth-order valence-electron chi connectivity index (χ4n) is 4.42. The van der Waals surface area contributed by atoms with E-state index in [1.807, 2.05) is 16.7 Å². The molecule has 7 heteroatoms. The lowest BCUT2D eigenvalue weighted by Gasteiger charge is -2.36. The molecule has 0 aromatic heterocycles. The van der Waals surface area contributed by atoms with Crippen LogP contribution in [0.2, 0.25) is 0 Å². The highest BCUT2D eigenvalue weighted by Gasteiger charge is 2.39. The number of ketones is 2. The van der Waals surface area contributed by atoms with Gasteiger partial charge in [0.25, 0.3) is 0 Å². The summed E-state index contributed by atoms with van der Waals surface area (Å²) >= 11 is 0. The number of benzene rings is 1. The molecule has 0 unspecified atom stereocenters. The Labute approximate surface area is 197 Å². The van der Waals surface area contributed by atoms with Crippen LogP contribution >= 0.6 is 0 Å². The Morgan fingerprint density at radius 3 is 1.97 bits per heavy atom. The third-order valence-electron chi connectivity index (χ3n) is 6.30. The van der Waals surface area contributed by atoms with Crippen LogP contribution in [0.4, 0.5) is 0 Å². The smallest absolute Gasteiger partial charge is 0.241 e. The molecule has 2 aliphatic rings. The van der Waals surface area contributed by atoms with Crippen molar-refractivity contribution in [1.29, 1.82) is 0 Å². The third-order valence-corrected chi connectivity index (χ3v) is 6.30. The first-order valence-electron chi connectivity index (χ1n) is 12.3. The van der Waals surface area contributed by atoms with Crippen LogP contribution in [0.5, 0.6) is 0 Å². The number of Topliss-reactive ketones (excluding diaryl/α,β-unsaturated/α-hetero) is 2. The van der Waals surface area contributed by atoms with Gasteiger partial charge in [-0.1, -0.05) is 51.0 Å². The fourth-order valence-corrected chi connectivity index (χ4v) is 4.42. The van der Waals surface area contributed by atoms with E-state index in [9.17, 15) is 14.4 Å². The Hall–Kier alpha value is -2.51. The number of carbonyl (C=O) groups is 3. The predicted molar refractivity (Wildman–Crippen MR) is 128 cm³/mol. The number of likely N-dealkylation sites (N-methyl/N-ethyl adjacent to an activating group) is 1. The van der Waals surface area contributed by atoms with Crippen molar-refractivity contribution in [3.8, 4) is 0 Å². The summed E-state index contributed by atoms with van der Waals surface area (Å²) in [5.41, 5.74) is 1.44. The lowest BCUT2D eigenvalue weighted by Crippen LogP contribution is -2.48. The number of hydrogen-bond donors (Lipinski definition) is 0. The van der Waals surface area contributed by atoms with Crippen LogP contribution in [-0.4, -0.2) is 84.7 Å². The van der Waals surface area contributed by atoms with Gasteiger partial charge in [0.05, 0.1) is 19.8 Å². The van der Waals surface area contributed by atoms with E-state index in [0.717, 1.165) is 25.7 Å². The number of carbonyl (C=O) groups excluding carboxylic acids is 3. The maximum absolute atomic E-state index is 13.8. The molecule has 7 nitrogen and oxygen atoms in total. The van der Waals surface area contributed by atoms with Gasteiger partial charge in [-0.3, -0.25) is 19.3 Å². The number of morpholine rings is 1. The molecule has 1 amide bonds. The quantitative estimate of drug-likeness (QED) is 0.510. The number of hydrogen-bond acceptors (Lipinski definition) is 6. The largest absolute Gasteiger partial charge is 0.379 e. The standard InChI is InChI=1S/C26H37N3O4/c1-4-7-13-28(14-8-5-2)23-24(26(32)21-12-10-9-11-20(21)25(23)31)29(6-3)22(30)19-27-15-17-33-18-16-27/h9-12H,4-8,13-19H2,1-3H3. The van der Waals surface area contributed by atoms with E-state index in [1.54, 1.807) is 24.3 Å². The molecule has 0 spiro atoms. The molecular weight excluding hydrogens is 418 g/mol. The Balaban J connectivity index is 2.06. The van der Waals surface area contributed by atoms with Crippen molar-refractivity contribution < 1.29 is 19.1 Å². The van der Waals surface area contributed by atoms with Crippen LogP contribution in [-0.2, 0) is 9.53 Å². The number of allylic oxidation sites excluding steroid dienone is 2. The van der Waals surface area contributed by atoms with Gasteiger partial charge in [-0.15, -0.1) is 0 Å². The zero-order valence-electron chi connectivity index (χ0n) is 20.3. The minimum Gasteiger partial charge on any atom is -0.379 e. The maximum atomic E-state index is 13.8. The van der Waals surface area contributed by atoms with Crippen molar-refractivity contribution in [1.82, 2.24) is 14.7 Å². The molecule has 0 radical (unpaired) electrons. The molecule has 3 rings (SSSR count). The van der Waals surface area contributed by atoms with Gasteiger partial charge in [-0.25, -0.2) is 0 Å². The number of ether oxygens (including phenoxy) is 1. The number of rotatable bonds is 11. The summed E-state index contributed by atoms with van der Waals surface area (Å²) in [5, 5.41) is 0. The molecule has 0 N–H and O–H groups in total. The third kappa shape index (κ3) is 5.71. The van der Waals surface area contributed by atoms with Crippen LogP contribution in [0.3, 0.4) is 0 Å². The van der Waals surface area contributed by atoms with E-state index in [-0.39, 0.29) is 29.7 Å². The number of amides is 1. The SMILES string of the molecule is CCCCN(CCCC)C1=C(N(CC)C(=O)CN2CCOCC2)C(=O)c2ccccc2C1=O. The van der Waals surface area contributed by atoms with Gasteiger partial charge in [-0.05, 0) is 19.8 Å². The Bertz CT molecular complexity index is 881. The maximum Gasteiger partial charge on any atom is 0.241 e. The molecule has 1 saturated heterocycles. The van der Waals surface area contributed by atoms with Gasteiger partial charge in [0.2, 0.25) is 17.5 Å². The van der Waals surface area contributed by atoms with Gasteiger partial charge in [0, 0.05) is 43.9 Å². The molecule has 1 aromatic rings. The zero-order chi connectivity index (χ0) is 23.8. The van der Waals surface area contributed by atoms with E-state index in [2.05, 4.69) is 13.8 Å². The second kappa shape index (κ2) is 12.1. The van der Waals surface area contributed by atoms with Crippen LogP contribution < -0.4 is 0 Å². The Morgan fingerprint density at radius 2 is 1.45 bits per heavy atom. The lowest BCUT2D eigenvalue weighted by molar-refractivity contribution is -0.131. The zero-order valence-corrected chi connectivity index (χ0v) is 20.3. The minimum atomic E-state index is -0.240. The molecule has 1 fully saturated rings. The summed E-state index contributed by atoms with van der Waals surface area (Å²) < 4.78 is 5.40. The second-order valence-corrected chi connectivity index (χ2v) is 8.62. The Morgan fingerprint density at radius 1 is 0.909 bits per heavy atom. The van der Waals surface area contributed by atoms with Gasteiger partial charge >= 0.3 is 0 Å². The molecule has 0 atom stereocenters. The van der Waals surface area contributed by atoms with Crippen LogP contribution in [0.15, 0.2) is 35.7 Å². The van der Waals surface area contributed by atoms with Crippen molar-refractivity contribution >= 4 is 17.5 Å². The van der Waals surface area contributed by atoms with Crippen molar-refractivity contribution in [2.45, 2.75) is 46.5 Å². The normalized spacial score (nSPS) is 16.7. The molecule has 33 heavy (non-hydrogen) atoms. The fraction of sp³-hybridized carbons (Fsp3) is 0.577. The van der Waals surface area contributed by atoms with Crippen molar-refractivity contribution in [2.75, 3.05) is 52.5 Å². The number of unbranched alkanes of at least 4 members (excludes halogenated alkanes) is 2. The monoisotopic (exact) mass is 455 g/mol. The summed E-state index contributed by atoms with van der Waals surface area (Å²) in [6.07, 6.45) is 3.80. The van der Waals surface area contributed by atoms with E-state index in [0.29, 0.717) is 62.8 Å². The summed E-state index contributed by atoms with van der Waals surface area (Å²) in [7, 11) is 0. The van der Waals surface area contributed by atoms with Crippen LogP contribution in [0, 0.1) is 0 Å². The average molecular weight is 456 g/mol. The highest BCUT2D eigenvalue weighted by molar-refractivity contribution is 6.27. The highest BCUT2D eigenvalue weighted by Crippen LogP contribution is 2.31. The summed E-state index contributed by atoms with van der Waals surface area (Å²) in [6, 6.07) is 6.96. The van der Waals surface area contributed by atoms with Gasteiger partial charge < -0.3 is 14.5 Å². The lowest BCUT2D eigenvalue weighted by atomic mass is 9.88. The first kappa shape index (κ1) is 25.1. The van der Waals surface area contributed by atoms with Crippen molar-refractivity contribution in [3.05, 3.63) is 46.8 Å². The first-order valence-corrected chi connectivity index (χ1v) is 12.3. The first-order chi connectivity index (χ1) is 16.0. The average Bonchev–Trinajstić information content (AvgIpc) is 2.84. The molecule has 1 aliphatic heterocycles. The van der Waals surface area contributed by atoms with E-state index < -0.39 is 0 Å². The van der Waals surface area contributed by atoms with E-state index in [1.165, 1.54) is 4.90 Å². The van der Waals surface area contributed by atoms with Gasteiger partial charge in [0.15, 0.2) is 0 Å². The van der Waals surface area contributed by atoms with Gasteiger partial charge in [0.1, 0.15) is 11.4 Å². The highest BCUT2D eigenvalue weighted by atomic mass is 16.5. The number of fused-ring (bicyclic) bond motifs is 1. The van der Waals surface area contributed by atoms with Crippen molar-refractivity contribution in [2.24, 2.45) is 0 Å². The number of nitrogens with zero attached hydrogens (tertiary/aromatic N) is 3. The van der Waals surface area contributed by atoms with Gasteiger partial charge in [-0.2, -0.15) is 0 Å². The van der Waals surface area contributed by atoms with E-state index >= 15 is 0 Å². The molecule has 0 saturated carbocycles. The molecule has 1 aromatic carbocycles. The molecule has 0 bridgehead atoms. The molecular formula is C26H37N3O4. The van der Waals surface area contributed by atoms with Crippen LogP contribution in [0.25, 0.3) is 0 Å². The van der Waals surface area contributed by atoms with Crippen molar-refractivity contribution in [3.63, 3.8) is 0 Å². The summed E-state index contributed by atoms with van der Waals surface area (Å²) in [5.74, 6) is -0.557. The second-order valence-electron chi connectivity index (χ2n) is 8.62. The minimum absolute atomic E-state index is 0.154. The topological polar surface area (TPSA) is 70.2 Å². The molecule has 1 heterocycles. The van der Waals surface area contributed by atoms with Crippen LogP contribution in [0.1, 0.15) is 67.2 Å². The summed E-state index contributed by atoms with van der Waals surface area (Å²) in [6.45, 7) is 10.6.